The molecule has 0 amide bonds. The van der Waals surface area contributed by atoms with Crippen molar-refractivity contribution in [3.8, 4) is 0 Å². The van der Waals surface area contributed by atoms with Gasteiger partial charge in [0.05, 0.1) is 12.9 Å². The number of hydrogen-bond acceptors (Lipinski definition) is 2. The fourth-order valence-corrected chi connectivity index (χ4v) is 1.06. The van der Waals surface area contributed by atoms with E-state index in [9.17, 15) is 4.79 Å². The molecule has 0 aliphatic heterocycles. The molecule has 1 rings (SSSR count). The van der Waals surface area contributed by atoms with Gasteiger partial charge >= 0.3 is 0 Å². The molecule has 0 aromatic heterocycles. The summed E-state index contributed by atoms with van der Waals surface area (Å²) in [6.45, 7) is 4.76. The summed E-state index contributed by atoms with van der Waals surface area (Å²) >= 11 is 0. The van der Waals surface area contributed by atoms with Gasteiger partial charge in [0.15, 0.2) is 5.78 Å². The first kappa shape index (κ1) is 11.5. The minimum Gasteiger partial charge on any atom is -0.501 e. The minimum absolute atomic E-state index is 0.0284. The molecule has 0 spiro atoms. The van der Waals surface area contributed by atoms with Gasteiger partial charge in [-0.3, -0.25) is 4.79 Å². The molecule has 1 aromatic carbocycles. The lowest BCUT2D eigenvalue weighted by Crippen LogP contribution is -1.98. The van der Waals surface area contributed by atoms with Gasteiger partial charge in [0.2, 0.25) is 0 Å². The quantitative estimate of drug-likeness (QED) is 0.418. The molecular weight excluding hydrogens is 188 g/mol. The number of rotatable bonds is 5. The summed E-state index contributed by atoms with van der Waals surface area (Å²) in [4.78, 5) is 11.5. The van der Waals surface area contributed by atoms with E-state index in [1.54, 1.807) is 12.1 Å². The smallest absolute Gasteiger partial charge is 0.188 e. The second-order valence-corrected chi connectivity index (χ2v) is 3.76. The van der Waals surface area contributed by atoms with E-state index >= 15 is 0 Å². The predicted octanol–water partition coefficient (Wildman–Crippen LogP) is 3.06. The van der Waals surface area contributed by atoms with Crippen molar-refractivity contribution in [2.24, 2.45) is 5.92 Å². The standard InChI is InChI=1S/C13H16O2/c1-11(2)10-15-9-8-13(14)12-6-4-3-5-7-12/h3-9,11H,10H2,1-2H3/b9-8+. The number of hydrogen-bond donors (Lipinski definition) is 0. The Morgan fingerprint density at radius 1 is 1.33 bits per heavy atom. The van der Waals surface area contributed by atoms with Crippen molar-refractivity contribution in [1.29, 1.82) is 0 Å². The molecule has 0 aliphatic rings. The number of allylic oxidation sites excluding steroid dienone is 1. The Morgan fingerprint density at radius 2 is 2.00 bits per heavy atom. The molecule has 2 nitrogen and oxygen atoms in total. The molecule has 0 saturated carbocycles. The lowest BCUT2D eigenvalue weighted by molar-refractivity contribution is 0.104. The van der Waals surface area contributed by atoms with E-state index < -0.39 is 0 Å². The van der Waals surface area contributed by atoms with Crippen LogP contribution in [0, 0.1) is 5.92 Å². The zero-order valence-electron chi connectivity index (χ0n) is 9.14. The van der Waals surface area contributed by atoms with Crippen LogP contribution in [0.5, 0.6) is 0 Å². The van der Waals surface area contributed by atoms with E-state index in [1.165, 1.54) is 12.3 Å². The van der Waals surface area contributed by atoms with Gasteiger partial charge in [-0.05, 0) is 5.92 Å². The fourth-order valence-electron chi connectivity index (χ4n) is 1.06. The van der Waals surface area contributed by atoms with Crippen molar-refractivity contribution in [2.75, 3.05) is 6.61 Å². The van der Waals surface area contributed by atoms with Gasteiger partial charge in [-0.1, -0.05) is 44.2 Å². The number of ether oxygens (including phenoxy) is 1. The third-order valence-corrected chi connectivity index (χ3v) is 1.80. The van der Waals surface area contributed by atoms with Gasteiger partial charge < -0.3 is 4.74 Å². The van der Waals surface area contributed by atoms with Crippen molar-refractivity contribution in [3.05, 3.63) is 48.2 Å². The van der Waals surface area contributed by atoms with Crippen LogP contribution >= 0.6 is 0 Å². The van der Waals surface area contributed by atoms with E-state index in [2.05, 4.69) is 13.8 Å². The highest BCUT2D eigenvalue weighted by molar-refractivity contribution is 6.04. The second kappa shape index (κ2) is 6.02. The van der Waals surface area contributed by atoms with Crippen molar-refractivity contribution in [1.82, 2.24) is 0 Å². The molecule has 2 heteroatoms. The highest BCUT2D eigenvalue weighted by Crippen LogP contribution is 2.01. The normalized spacial score (nSPS) is 10.9. The number of carbonyl (C=O) groups is 1. The van der Waals surface area contributed by atoms with E-state index in [-0.39, 0.29) is 5.78 Å². The second-order valence-electron chi connectivity index (χ2n) is 3.76. The van der Waals surface area contributed by atoms with Crippen LogP contribution in [0.15, 0.2) is 42.7 Å². The SMILES string of the molecule is CC(C)CO/C=C/C(=O)c1ccccc1. The van der Waals surface area contributed by atoms with Gasteiger partial charge in [0, 0.05) is 11.6 Å². The summed E-state index contributed by atoms with van der Waals surface area (Å²) in [7, 11) is 0. The monoisotopic (exact) mass is 204 g/mol. The molecule has 0 bridgehead atoms. The summed E-state index contributed by atoms with van der Waals surface area (Å²) in [5.74, 6) is 0.445. The fraction of sp³-hybridized carbons (Fsp3) is 0.308. The van der Waals surface area contributed by atoms with Crippen LogP contribution in [0.1, 0.15) is 24.2 Å². The Hall–Kier alpha value is -1.57. The van der Waals surface area contributed by atoms with Gasteiger partial charge in [-0.15, -0.1) is 0 Å². The van der Waals surface area contributed by atoms with Crippen LogP contribution < -0.4 is 0 Å². The Morgan fingerprint density at radius 3 is 2.60 bits per heavy atom. The Labute approximate surface area is 90.6 Å². The van der Waals surface area contributed by atoms with Crippen LogP contribution in [0.25, 0.3) is 0 Å². The van der Waals surface area contributed by atoms with Crippen LogP contribution in [0.3, 0.4) is 0 Å². The van der Waals surface area contributed by atoms with Crippen molar-refractivity contribution < 1.29 is 9.53 Å². The molecule has 0 saturated heterocycles. The number of benzene rings is 1. The van der Waals surface area contributed by atoms with Crippen LogP contribution in [0.4, 0.5) is 0 Å². The molecule has 80 valence electrons. The van der Waals surface area contributed by atoms with E-state index in [0.717, 1.165) is 0 Å². The average Bonchev–Trinajstić information content (AvgIpc) is 2.25. The third-order valence-electron chi connectivity index (χ3n) is 1.80. The van der Waals surface area contributed by atoms with E-state index in [0.29, 0.717) is 18.1 Å². The van der Waals surface area contributed by atoms with Gasteiger partial charge in [0.25, 0.3) is 0 Å². The zero-order valence-corrected chi connectivity index (χ0v) is 9.14. The molecule has 0 aliphatic carbocycles. The highest BCUT2D eigenvalue weighted by Gasteiger charge is 1.99. The maximum Gasteiger partial charge on any atom is 0.188 e. The van der Waals surface area contributed by atoms with Gasteiger partial charge in [-0.2, -0.15) is 0 Å². The van der Waals surface area contributed by atoms with Crippen molar-refractivity contribution in [3.63, 3.8) is 0 Å². The Bertz CT molecular complexity index is 326. The largest absolute Gasteiger partial charge is 0.501 e. The zero-order chi connectivity index (χ0) is 11.1. The van der Waals surface area contributed by atoms with Crippen LogP contribution in [-0.2, 0) is 4.74 Å². The van der Waals surface area contributed by atoms with E-state index in [1.807, 2.05) is 18.2 Å². The molecule has 0 heterocycles. The molecule has 0 radical (unpaired) electrons. The minimum atomic E-state index is -0.0284. The molecule has 15 heavy (non-hydrogen) atoms. The topological polar surface area (TPSA) is 26.3 Å². The first-order valence-corrected chi connectivity index (χ1v) is 5.07. The number of ketones is 1. The van der Waals surface area contributed by atoms with Crippen molar-refractivity contribution >= 4 is 5.78 Å². The summed E-state index contributed by atoms with van der Waals surface area (Å²) in [6.07, 6.45) is 2.92. The Kier molecular flexibility index (Phi) is 4.61. The summed E-state index contributed by atoms with van der Waals surface area (Å²) in [5, 5.41) is 0. The summed E-state index contributed by atoms with van der Waals surface area (Å²) in [6, 6.07) is 9.14. The first-order chi connectivity index (χ1) is 7.20. The summed E-state index contributed by atoms with van der Waals surface area (Å²) < 4.78 is 5.19. The van der Waals surface area contributed by atoms with Crippen molar-refractivity contribution in [2.45, 2.75) is 13.8 Å². The molecule has 0 N–H and O–H groups in total. The summed E-state index contributed by atoms with van der Waals surface area (Å²) in [5.41, 5.74) is 0.682. The molecule has 0 atom stereocenters. The maximum atomic E-state index is 11.5. The van der Waals surface area contributed by atoms with Crippen LogP contribution in [-0.4, -0.2) is 12.4 Å². The molecule has 0 fully saturated rings. The first-order valence-electron chi connectivity index (χ1n) is 5.07. The lowest BCUT2D eigenvalue weighted by atomic mass is 10.1. The number of carbonyl (C=O) groups excluding carboxylic acids is 1. The van der Waals surface area contributed by atoms with Gasteiger partial charge in [-0.25, -0.2) is 0 Å². The molecule has 1 aromatic rings. The maximum absolute atomic E-state index is 11.5. The molecule has 0 unspecified atom stereocenters. The highest BCUT2D eigenvalue weighted by atomic mass is 16.5. The lowest BCUT2D eigenvalue weighted by Gasteiger charge is -2.02. The Balaban J connectivity index is 2.43. The predicted molar refractivity (Wildman–Crippen MR) is 60.7 cm³/mol. The van der Waals surface area contributed by atoms with E-state index in [4.69, 9.17) is 4.74 Å². The van der Waals surface area contributed by atoms with Gasteiger partial charge in [0.1, 0.15) is 0 Å². The van der Waals surface area contributed by atoms with Crippen LogP contribution in [0.2, 0.25) is 0 Å². The average molecular weight is 204 g/mol. The molecular formula is C13H16O2. The third kappa shape index (κ3) is 4.45.